The molecule has 9 heteroatoms. The van der Waals surface area contributed by atoms with Gasteiger partial charge in [-0.15, -0.1) is 0 Å². The first kappa shape index (κ1) is 27.6. The van der Waals surface area contributed by atoms with Gasteiger partial charge in [-0.05, 0) is 42.7 Å². The third-order valence-corrected chi connectivity index (χ3v) is 6.75. The number of ketones is 1. The van der Waals surface area contributed by atoms with Gasteiger partial charge in [0.05, 0.1) is 28.8 Å². The molecule has 3 aromatic rings. The fraction of sp³-hybridized carbons (Fsp3) is 0.296. The lowest BCUT2D eigenvalue weighted by molar-refractivity contribution is 0.103. The Morgan fingerprint density at radius 3 is 2.36 bits per heavy atom. The molecule has 2 aromatic carbocycles. The molecule has 0 fully saturated rings. The normalized spacial score (nSPS) is 10.8. The Labute approximate surface area is 224 Å². The van der Waals surface area contributed by atoms with Crippen molar-refractivity contribution in [3.05, 3.63) is 89.6 Å². The minimum atomic E-state index is -0.730. The minimum Gasteiger partial charge on any atom is -0.494 e. The standard InChI is InChI=1S/C27H25Cl3N2O4/c1-3-4-5-8-11-36-25-21(29)12-18(13-22(25)30)24(33)23-16(2)19(14-31)26(34)32(27(23)35)15-17-9-6-7-10-20(17)28/h6-7,9-10,12-13,35H,3-5,8,11,15H2,1-2H3. The number of hydrogen-bond acceptors (Lipinski definition) is 5. The number of rotatable bonds is 10. The van der Waals surface area contributed by atoms with E-state index in [1.165, 1.54) is 19.1 Å². The number of aromatic nitrogens is 1. The van der Waals surface area contributed by atoms with Crippen molar-refractivity contribution in [2.45, 2.75) is 46.1 Å². The van der Waals surface area contributed by atoms with Gasteiger partial charge in [0.2, 0.25) is 5.88 Å². The van der Waals surface area contributed by atoms with E-state index in [4.69, 9.17) is 39.5 Å². The molecule has 3 rings (SSSR count). The van der Waals surface area contributed by atoms with Crippen LogP contribution in [0.1, 0.15) is 65.2 Å². The molecule has 0 spiro atoms. The number of aromatic hydroxyl groups is 1. The van der Waals surface area contributed by atoms with E-state index in [1.54, 1.807) is 24.3 Å². The van der Waals surface area contributed by atoms with Gasteiger partial charge in [-0.3, -0.25) is 14.2 Å². The van der Waals surface area contributed by atoms with E-state index < -0.39 is 17.2 Å². The van der Waals surface area contributed by atoms with Gasteiger partial charge in [-0.2, -0.15) is 5.26 Å². The number of benzene rings is 2. The summed E-state index contributed by atoms with van der Waals surface area (Å²) in [7, 11) is 0. The molecule has 0 unspecified atom stereocenters. The van der Waals surface area contributed by atoms with Crippen LogP contribution in [0.2, 0.25) is 15.1 Å². The maximum absolute atomic E-state index is 13.5. The van der Waals surface area contributed by atoms with Gasteiger partial charge in [0.1, 0.15) is 11.6 Å². The average molecular weight is 548 g/mol. The number of carbonyl (C=O) groups is 1. The summed E-state index contributed by atoms with van der Waals surface area (Å²) in [5.74, 6) is -0.952. The van der Waals surface area contributed by atoms with Crippen molar-refractivity contribution in [3.63, 3.8) is 0 Å². The summed E-state index contributed by atoms with van der Waals surface area (Å²) >= 11 is 19.0. The van der Waals surface area contributed by atoms with Crippen molar-refractivity contribution in [2.24, 2.45) is 0 Å². The van der Waals surface area contributed by atoms with Crippen molar-refractivity contribution in [1.29, 1.82) is 5.26 Å². The molecule has 0 atom stereocenters. The molecule has 0 aliphatic heterocycles. The highest BCUT2D eigenvalue weighted by atomic mass is 35.5. The number of nitrogens with zero attached hydrogens (tertiary/aromatic N) is 2. The van der Waals surface area contributed by atoms with Crippen LogP contribution < -0.4 is 10.3 Å². The number of carbonyl (C=O) groups excluding carboxylic acids is 1. The maximum atomic E-state index is 13.5. The van der Waals surface area contributed by atoms with Crippen LogP contribution in [0, 0.1) is 18.3 Å². The van der Waals surface area contributed by atoms with Gasteiger partial charge in [-0.25, -0.2) is 0 Å². The molecule has 1 aromatic heterocycles. The predicted molar refractivity (Wildman–Crippen MR) is 142 cm³/mol. The fourth-order valence-corrected chi connectivity index (χ4v) is 4.63. The highest BCUT2D eigenvalue weighted by Crippen LogP contribution is 2.36. The maximum Gasteiger partial charge on any atom is 0.271 e. The molecule has 36 heavy (non-hydrogen) atoms. The molecule has 188 valence electrons. The first-order chi connectivity index (χ1) is 17.2. The minimum absolute atomic E-state index is 0.0592. The lowest BCUT2D eigenvalue weighted by atomic mass is 9.97. The van der Waals surface area contributed by atoms with Crippen LogP contribution >= 0.6 is 34.8 Å². The van der Waals surface area contributed by atoms with Gasteiger partial charge in [0.15, 0.2) is 11.5 Å². The third kappa shape index (κ3) is 5.87. The second-order valence-corrected chi connectivity index (χ2v) is 9.52. The van der Waals surface area contributed by atoms with Gasteiger partial charge < -0.3 is 9.84 Å². The first-order valence-electron chi connectivity index (χ1n) is 11.5. The number of unbranched alkanes of at least 4 members (excludes halogenated alkanes) is 3. The molecular weight excluding hydrogens is 523 g/mol. The van der Waals surface area contributed by atoms with Crippen molar-refractivity contribution in [3.8, 4) is 17.7 Å². The highest BCUT2D eigenvalue weighted by molar-refractivity contribution is 6.38. The van der Waals surface area contributed by atoms with Crippen LogP contribution in [0.15, 0.2) is 41.2 Å². The Kier molecular flexibility index (Phi) is 9.44. The van der Waals surface area contributed by atoms with Gasteiger partial charge in [0.25, 0.3) is 5.56 Å². The molecule has 0 aliphatic carbocycles. The first-order valence-corrected chi connectivity index (χ1v) is 12.6. The third-order valence-electron chi connectivity index (χ3n) is 5.82. The smallest absolute Gasteiger partial charge is 0.271 e. The number of nitriles is 1. The molecule has 0 amide bonds. The summed E-state index contributed by atoms with van der Waals surface area (Å²) < 4.78 is 6.68. The summed E-state index contributed by atoms with van der Waals surface area (Å²) in [5.41, 5.74) is -0.510. The van der Waals surface area contributed by atoms with E-state index >= 15 is 0 Å². The van der Waals surface area contributed by atoms with Gasteiger partial charge in [0, 0.05) is 10.6 Å². The lowest BCUT2D eigenvalue weighted by Gasteiger charge is -2.17. The van der Waals surface area contributed by atoms with Crippen LogP contribution in [0.4, 0.5) is 0 Å². The predicted octanol–water partition coefficient (Wildman–Crippen LogP) is 6.93. The average Bonchev–Trinajstić information content (AvgIpc) is 2.84. The van der Waals surface area contributed by atoms with Crippen LogP contribution in [-0.2, 0) is 6.54 Å². The summed E-state index contributed by atoms with van der Waals surface area (Å²) in [6, 6.07) is 11.4. The van der Waals surface area contributed by atoms with E-state index in [2.05, 4.69) is 6.92 Å². The molecule has 0 aliphatic rings. The molecule has 0 saturated carbocycles. The van der Waals surface area contributed by atoms with E-state index in [-0.39, 0.29) is 44.6 Å². The Balaban J connectivity index is 2.02. The van der Waals surface area contributed by atoms with Crippen LogP contribution in [0.5, 0.6) is 11.6 Å². The van der Waals surface area contributed by atoms with E-state index in [9.17, 15) is 20.0 Å². The number of hydrogen-bond donors (Lipinski definition) is 1. The van der Waals surface area contributed by atoms with Crippen molar-refractivity contribution >= 4 is 40.6 Å². The Morgan fingerprint density at radius 1 is 1.08 bits per heavy atom. The largest absolute Gasteiger partial charge is 0.494 e. The fourth-order valence-electron chi connectivity index (χ4n) is 3.84. The van der Waals surface area contributed by atoms with Crippen LogP contribution in [-0.4, -0.2) is 22.1 Å². The van der Waals surface area contributed by atoms with Crippen molar-refractivity contribution in [2.75, 3.05) is 6.61 Å². The SMILES string of the molecule is CCCCCCOc1c(Cl)cc(C(=O)c2c(C)c(C#N)c(=O)n(Cc3ccccc3Cl)c2O)cc1Cl. The summed E-state index contributed by atoms with van der Waals surface area (Å²) in [4.78, 5) is 26.5. The Bertz CT molecular complexity index is 1370. The molecule has 1 N–H and O–H groups in total. The van der Waals surface area contributed by atoms with E-state index in [0.717, 1.165) is 30.3 Å². The van der Waals surface area contributed by atoms with E-state index in [0.29, 0.717) is 17.2 Å². The zero-order valence-electron chi connectivity index (χ0n) is 19.9. The summed E-state index contributed by atoms with van der Waals surface area (Å²) in [6.07, 6.45) is 4.07. The Hall–Kier alpha value is -2.98. The lowest BCUT2D eigenvalue weighted by Crippen LogP contribution is -2.27. The summed E-state index contributed by atoms with van der Waals surface area (Å²) in [5, 5.41) is 21.3. The monoisotopic (exact) mass is 546 g/mol. The quantitative estimate of drug-likeness (QED) is 0.219. The molecule has 0 saturated heterocycles. The summed E-state index contributed by atoms with van der Waals surface area (Å²) in [6.45, 7) is 3.85. The molecular formula is C27H25Cl3N2O4. The highest BCUT2D eigenvalue weighted by Gasteiger charge is 2.26. The topological polar surface area (TPSA) is 92.3 Å². The molecule has 1 heterocycles. The van der Waals surface area contributed by atoms with Crippen LogP contribution in [0.3, 0.4) is 0 Å². The van der Waals surface area contributed by atoms with Gasteiger partial charge >= 0.3 is 0 Å². The van der Waals surface area contributed by atoms with Gasteiger partial charge in [-0.1, -0.05) is 79.2 Å². The number of halogens is 3. The number of pyridine rings is 1. The second kappa shape index (κ2) is 12.3. The van der Waals surface area contributed by atoms with Crippen molar-refractivity contribution in [1.82, 2.24) is 4.57 Å². The Morgan fingerprint density at radius 2 is 1.75 bits per heavy atom. The number of ether oxygens (including phenoxy) is 1. The van der Waals surface area contributed by atoms with Crippen LogP contribution in [0.25, 0.3) is 0 Å². The van der Waals surface area contributed by atoms with Crippen molar-refractivity contribution < 1.29 is 14.6 Å². The zero-order valence-corrected chi connectivity index (χ0v) is 22.2. The molecule has 0 radical (unpaired) electrons. The van der Waals surface area contributed by atoms with E-state index in [1.807, 2.05) is 6.07 Å². The second-order valence-electron chi connectivity index (χ2n) is 8.30. The molecule has 0 bridgehead atoms. The molecule has 6 nitrogen and oxygen atoms in total. The zero-order chi connectivity index (χ0) is 26.4.